The van der Waals surface area contributed by atoms with Crippen LogP contribution in [0.5, 0.6) is 0 Å². The molecule has 0 aromatic heterocycles. The summed E-state index contributed by atoms with van der Waals surface area (Å²) in [7, 11) is 0. The third kappa shape index (κ3) is 1.72. The quantitative estimate of drug-likeness (QED) is 0.649. The third-order valence-corrected chi connectivity index (χ3v) is 6.47. The van der Waals surface area contributed by atoms with E-state index in [1.165, 1.54) is 49.7 Å². The first-order chi connectivity index (χ1) is 8.98. The highest BCUT2D eigenvalue weighted by molar-refractivity contribution is 5.37. The normalized spacial score (nSPS) is 43.7. The van der Waals surface area contributed by atoms with Gasteiger partial charge in [0.1, 0.15) is 0 Å². The first-order valence-electron chi connectivity index (χ1n) is 8.06. The van der Waals surface area contributed by atoms with Crippen LogP contribution in [0.2, 0.25) is 0 Å². The molecule has 4 aliphatic rings. The lowest BCUT2D eigenvalue weighted by Crippen LogP contribution is -2.52. The van der Waals surface area contributed by atoms with Gasteiger partial charge in [-0.1, -0.05) is 25.1 Å². The van der Waals surface area contributed by atoms with E-state index in [2.05, 4.69) is 39.0 Å². The van der Waals surface area contributed by atoms with Crippen molar-refractivity contribution >= 4 is 0 Å². The molecule has 4 saturated carbocycles. The summed E-state index contributed by atoms with van der Waals surface area (Å²) in [5.41, 5.74) is 5.79. The van der Waals surface area contributed by atoms with Crippen molar-refractivity contribution in [3.05, 3.63) is 34.9 Å². The molecule has 4 fully saturated rings. The zero-order valence-electron chi connectivity index (χ0n) is 12.6. The van der Waals surface area contributed by atoms with Crippen LogP contribution in [0, 0.1) is 31.1 Å². The fourth-order valence-electron chi connectivity index (χ4n) is 6.13. The van der Waals surface area contributed by atoms with Gasteiger partial charge in [-0.25, -0.2) is 0 Å². The Morgan fingerprint density at radius 2 is 1.63 bits per heavy atom. The van der Waals surface area contributed by atoms with Crippen LogP contribution in [0.1, 0.15) is 62.1 Å². The Labute approximate surface area is 117 Å². The van der Waals surface area contributed by atoms with Crippen molar-refractivity contribution in [2.24, 2.45) is 17.3 Å². The SMILES string of the molecule is Cc1ccc(C23C[C@@H]4C[C@@H](CC(C)(C4)C2)C3)cc1C. The summed E-state index contributed by atoms with van der Waals surface area (Å²) in [4.78, 5) is 0. The van der Waals surface area contributed by atoms with E-state index in [1.54, 1.807) is 5.56 Å². The molecule has 19 heavy (non-hydrogen) atoms. The largest absolute Gasteiger partial charge is 0.0596 e. The zero-order valence-corrected chi connectivity index (χ0v) is 12.6. The van der Waals surface area contributed by atoms with Gasteiger partial charge in [-0.15, -0.1) is 0 Å². The van der Waals surface area contributed by atoms with Gasteiger partial charge in [-0.2, -0.15) is 0 Å². The number of rotatable bonds is 1. The second kappa shape index (κ2) is 3.65. The van der Waals surface area contributed by atoms with Crippen LogP contribution < -0.4 is 0 Å². The molecule has 0 amide bonds. The van der Waals surface area contributed by atoms with Gasteiger partial charge in [0.2, 0.25) is 0 Å². The number of hydrogen-bond donors (Lipinski definition) is 0. The van der Waals surface area contributed by atoms with Gasteiger partial charge in [-0.3, -0.25) is 0 Å². The van der Waals surface area contributed by atoms with Gasteiger partial charge in [0.25, 0.3) is 0 Å². The van der Waals surface area contributed by atoms with E-state index in [9.17, 15) is 0 Å². The monoisotopic (exact) mass is 254 g/mol. The molecular weight excluding hydrogens is 228 g/mol. The lowest BCUT2D eigenvalue weighted by atomic mass is 9.43. The predicted octanol–water partition coefficient (Wildman–Crippen LogP) is 5.16. The van der Waals surface area contributed by atoms with Gasteiger partial charge < -0.3 is 0 Å². The first-order valence-corrected chi connectivity index (χ1v) is 8.06. The second-order valence-electron chi connectivity index (χ2n) is 8.35. The molecule has 1 aromatic rings. The molecule has 0 heterocycles. The number of aryl methyl sites for hydroxylation is 2. The van der Waals surface area contributed by atoms with Crippen LogP contribution in [0.4, 0.5) is 0 Å². The van der Waals surface area contributed by atoms with Gasteiger partial charge in [0.05, 0.1) is 0 Å². The van der Waals surface area contributed by atoms with E-state index < -0.39 is 0 Å². The average Bonchev–Trinajstić information content (AvgIpc) is 2.29. The van der Waals surface area contributed by atoms with Crippen molar-refractivity contribution in [1.82, 2.24) is 0 Å². The average molecular weight is 254 g/mol. The first kappa shape index (κ1) is 12.0. The molecule has 0 aliphatic heterocycles. The molecule has 1 aromatic carbocycles. The predicted molar refractivity (Wildman–Crippen MR) is 80.4 cm³/mol. The van der Waals surface area contributed by atoms with Crippen LogP contribution in [0.15, 0.2) is 18.2 Å². The highest BCUT2D eigenvalue weighted by atomic mass is 14.6. The standard InChI is InChI=1S/C19H26/c1-13-4-5-17(6-14(13)2)19-10-15-7-16(11-19)9-18(3,8-15)12-19/h4-6,15-16H,7-12H2,1-3H3/t15-,16+,18?,19?. The Balaban J connectivity index is 1.79. The molecular formula is C19H26. The summed E-state index contributed by atoms with van der Waals surface area (Å²) < 4.78 is 0. The Morgan fingerprint density at radius 1 is 0.947 bits per heavy atom. The summed E-state index contributed by atoms with van der Waals surface area (Å²) in [5, 5.41) is 0. The molecule has 2 unspecified atom stereocenters. The number of hydrogen-bond acceptors (Lipinski definition) is 0. The maximum atomic E-state index is 2.57. The maximum absolute atomic E-state index is 2.57. The van der Waals surface area contributed by atoms with Crippen LogP contribution in [0.3, 0.4) is 0 Å². The molecule has 102 valence electrons. The van der Waals surface area contributed by atoms with E-state index in [1.807, 2.05) is 0 Å². The van der Waals surface area contributed by atoms with Crippen molar-refractivity contribution in [3.63, 3.8) is 0 Å². The maximum Gasteiger partial charge on any atom is -0.00364 e. The van der Waals surface area contributed by atoms with E-state index >= 15 is 0 Å². The fourth-order valence-corrected chi connectivity index (χ4v) is 6.13. The van der Waals surface area contributed by atoms with E-state index in [4.69, 9.17) is 0 Å². The van der Waals surface area contributed by atoms with Gasteiger partial charge in [0.15, 0.2) is 0 Å². The van der Waals surface area contributed by atoms with Crippen LogP contribution in [0.25, 0.3) is 0 Å². The summed E-state index contributed by atoms with van der Waals surface area (Å²) in [5.74, 6) is 2.04. The smallest absolute Gasteiger partial charge is 0.00364 e. The van der Waals surface area contributed by atoms with Crippen molar-refractivity contribution in [2.45, 2.75) is 64.7 Å². The highest BCUT2D eigenvalue weighted by Crippen LogP contribution is 2.65. The van der Waals surface area contributed by atoms with Crippen molar-refractivity contribution in [3.8, 4) is 0 Å². The molecule has 5 rings (SSSR count). The minimum absolute atomic E-state index is 0.539. The topological polar surface area (TPSA) is 0 Å². The summed E-state index contributed by atoms with van der Waals surface area (Å²) in [6, 6.07) is 7.30. The minimum Gasteiger partial charge on any atom is -0.0596 e. The van der Waals surface area contributed by atoms with Gasteiger partial charge in [0, 0.05) is 0 Å². The number of benzene rings is 1. The van der Waals surface area contributed by atoms with Gasteiger partial charge >= 0.3 is 0 Å². The molecule has 0 saturated heterocycles. The summed E-state index contributed by atoms with van der Waals surface area (Å²) in [6.45, 7) is 7.08. The van der Waals surface area contributed by atoms with Crippen molar-refractivity contribution in [1.29, 1.82) is 0 Å². The molecule has 4 bridgehead atoms. The highest BCUT2D eigenvalue weighted by Gasteiger charge is 2.56. The third-order valence-electron chi connectivity index (χ3n) is 6.47. The van der Waals surface area contributed by atoms with E-state index in [-0.39, 0.29) is 0 Å². The van der Waals surface area contributed by atoms with Crippen LogP contribution in [-0.4, -0.2) is 0 Å². The summed E-state index contributed by atoms with van der Waals surface area (Å²) >= 11 is 0. The van der Waals surface area contributed by atoms with Crippen molar-refractivity contribution in [2.75, 3.05) is 0 Å². The Morgan fingerprint density at radius 3 is 2.21 bits per heavy atom. The van der Waals surface area contributed by atoms with Gasteiger partial charge in [-0.05, 0) is 91.7 Å². The van der Waals surface area contributed by atoms with E-state index in [0.29, 0.717) is 10.8 Å². The molecule has 4 atom stereocenters. The lowest BCUT2D eigenvalue weighted by Gasteiger charge is -2.61. The van der Waals surface area contributed by atoms with E-state index in [0.717, 1.165) is 11.8 Å². The van der Waals surface area contributed by atoms with Crippen molar-refractivity contribution < 1.29 is 0 Å². The van der Waals surface area contributed by atoms with Crippen LogP contribution in [-0.2, 0) is 5.41 Å². The Bertz CT molecular complexity index is 511. The molecule has 0 nitrogen and oxygen atoms in total. The Kier molecular flexibility index (Phi) is 2.31. The molecule has 0 radical (unpaired) electrons. The summed E-state index contributed by atoms with van der Waals surface area (Å²) in [6.07, 6.45) is 8.95. The lowest BCUT2D eigenvalue weighted by molar-refractivity contribution is -0.0616. The zero-order chi connectivity index (χ0) is 13.3. The molecule has 0 spiro atoms. The van der Waals surface area contributed by atoms with Crippen LogP contribution >= 0.6 is 0 Å². The molecule has 4 aliphatic carbocycles. The molecule has 0 heteroatoms. The Hall–Kier alpha value is -0.780. The fraction of sp³-hybridized carbons (Fsp3) is 0.684. The molecule has 0 N–H and O–H groups in total. The minimum atomic E-state index is 0.539. The second-order valence-corrected chi connectivity index (χ2v) is 8.35.